The molecule has 4 N–H and O–H groups in total. The van der Waals surface area contributed by atoms with Gasteiger partial charge in [-0.15, -0.1) is 11.3 Å². The van der Waals surface area contributed by atoms with E-state index in [0.717, 1.165) is 70.0 Å². The molecule has 10 atom stereocenters. The number of nitrogens with one attached hydrogen (secondary N) is 2. The monoisotopic (exact) mass is 952 g/mol. The zero-order chi connectivity index (χ0) is 48.0. The van der Waals surface area contributed by atoms with E-state index in [1.54, 1.807) is 7.11 Å². The molecule has 4 fully saturated rings. The average Bonchev–Trinajstić information content (AvgIpc) is 4.15. The van der Waals surface area contributed by atoms with E-state index in [9.17, 15) is 14.4 Å². The van der Waals surface area contributed by atoms with Gasteiger partial charge in [-0.1, -0.05) is 46.6 Å². The van der Waals surface area contributed by atoms with Gasteiger partial charge >= 0.3 is 5.97 Å². The van der Waals surface area contributed by atoms with E-state index in [1.165, 1.54) is 41.2 Å². The van der Waals surface area contributed by atoms with E-state index >= 15 is 0 Å². The maximum atomic E-state index is 14.7. The summed E-state index contributed by atoms with van der Waals surface area (Å²) < 4.78 is 27.2. The largest absolute Gasteiger partial charge is 0.464 e. The Morgan fingerprint density at radius 2 is 1.88 bits per heavy atom. The number of rotatable bonds is 11. The van der Waals surface area contributed by atoms with Crippen LogP contribution in [0.4, 0.5) is 0 Å². The number of hydrazine groups is 1. The molecule has 14 nitrogen and oxygen atoms in total. The zero-order valence-electron chi connectivity index (χ0n) is 41.3. The Kier molecular flexibility index (Phi) is 14.5. The number of cyclic esters (lactones) is 1. The van der Waals surface area contributed by atoms with Gasteiger partial charge in [-0.3, -0.25) is 24.4 Å². The summed E-state index contributed by atoms with van der Waals surface area (Å²) in [7, 11) is 1.73. The number of hydrogen-bond donors (Lipinski definition) is 3. The lowest BCUT2D eigenvalue weighted by molar-refractivity contribution is -0.156. The molecule has 368 valence electrons. The number of ether oxygens (including phenoxy) is 4. The number of hydrogen-bond acceptors (Lipinski definition) is 12. The number of methoxy groups -OCH3 is 1. The third kappa shape index (κ3) is 10.2. The van der Waals surface area contributed by atoms with Gasteiger partial charge in [0, 0.05) is 84.4 Å². The number of pyridine rings is 1. The second-order valence-corrected chi connectivity index (χ2v) is 22.2. The fourth-order valence-corrected chi connectivity index (χ4v) is 12.2. The summed E-state index contributed by atoms with van der Waals surface area (Å²) in [5, 5.41) is 8.25. The molecule has 2 aliphatic carbocycles. The van der Waals surface area contributed by atoms with Crippen molar-refractivity contribution in [1.29, 1.82) is 0 Å². The SMILES string of the molecule is CCO[C@@H]1c2nc(cs2)-c2ccc3c(c2)c(c(-c2cc([C@@H]4CC(N)COCC(CC5CC5)C4)cnc2[C@H](C)OC)n3CC)CC(C)(C)COC(=O)[C@@H]2CCCN(N2)C(=O)[C@H]1NC(=O)C1[C@@H](C)[C@H]1C. The fourth-order valence-electron chi connectivity index (χ4n) is 11.3. The second kappa shape index (κ2) is 20.2. The van der Waals surface area contributed by atoms with Crippen molar-refractivity contribution in [3.8, 4) is 22.5 Å². The van der Waals surface area contributed by atoms with Crippen molar-refractivity contribution >= 4 is 40.0 Å². The minimum Gasteiger partial charge on any atom is -0.464 e. The number of nitrogens with zero attached hydrogens (tertiary/aromatic N) is 4. The lowest BCUT2D eigenvalue weighted by atomic mass is 9.81. The van der Waals surface area contributed by atoms with Gasteiger partial charge in [0.2, 0.25) is 5.91 Å². The fraction of sp³-hybridized carbons (Fsp3) is 0.642. The first-order chi connectivity index (χ1) is 32.7. The molecule has 68 heavy (non-hydrogen) atoms. The summed E-state index contributed by atoms with van der Waals surface area (Å²) in [5.41, 5.74) is 17.4. The third-order valence-corrected chi connectivity index (χ3v) is 16.4. The second-order valence-electron chi connectivity index (χ2n) is 21.3. The molecule has 5 aliphatic rings. The Balaban J connectivity index is 1.19. The maximum absolute atomic E-state index is 14.7. The van der Waals surface area contributed by atoms with Crippen LogP contribution in [0.25, 0.3) is 33.4 Å². The molecule has 0 spiro atoms. The standard InChI is InChI=1S/C53H73N7O7S/c1-9-59-43-16-15-34-21-38(43)40(47(59)39-22-36(24-55-45(39)31(5)64-8)35-19-33(18-32-13-14-32)25-65-26-37(54)20-35)23-53(6,7)28-67-52(63)41-12-11-17-60(58-41)51(62)46(57-49(61)44-29(3)30(44)4)48(66-10-2)50-56-42(34)27-68-50/h15-16,21-22,24,27,29-33,35,37,41,44,46,48,58H,9-14,17-20,23,25-26,28,54H2,1-8H3,(H,57,61)/t29-,30+,31-,33?,35-,37?,41-,44?,46-,48-/m0/s1. The number of aryl methyl sites for hydroxylation is 1. The molecule has 3 aromatic heterocycles. The van der Waals surface area contributed by atoms with Crippen molar-refractivity contribution in [2.45, 2.75) is 143 Å². The highest BCUT2D eigenvalue weighted by Crippen LogP contribution is 2.47. The van der Waals surface area contributed by atoms with E-state index in [0.29, 0.717) is 56.5 Å². The molecule has 4 aromatic rings. The predicted molar refractivity (Wildman–Crippen MR) is 263 cm³/mol. The van der Waals surface area contributed by atoms with Crippen LogP contribution in [0.5, 0.6) is 0 Å². The van der Waals surface area contributed by atoms with Crippen LogP contribution in [-0.2, 0) is 46.3 Å². The van der Waals surface area contributed by atoms with Crippen LogP contribution in [0.3, 0.4) is 0 Å². The van der Waals surface area contributed by atoms with Crippen LogP contribution in [0.1, 0.15) is 133 Å². The van der Waals surface area contributed by atoms with Crippen LogP contribution in [0.2, 0.25) is 0 Å². The smallest absolute Gasteiger partial charge is 0.324 e. The van der Waals surface area contributed by atoms with Crippen LogP contribution in [0.15, 0.2) is 35.8 Å². The molecule has 9 rings (SSSR count). The van der Waals surface area contributed by atoms with E-state index < -0.39 is 29.6 Å². The van der Waals surface area contributed by atoms with Crippen molar-refractivity contribution in [2.75, 3.05) is 40.1 Å². The van der Waals surface area contributed by atoms with Crippen LogP contribution in [0, 0.1) is 35.0 Å². The number of aromatic nitrogens is 3. The van der Waals surface area contributed by atoms with Crippen molar-refractivity contribution in [3.05, 3.63) is 57.7 Å². The van der Waals surface area contributed by atoms with Gasteiger partial charge in [0.05, 0.1) is 36.4 Å². The molecule has 2 saturated heterocycles. The molecule has 15 heteroatoms. The summed E-state index contributed by atoms with van der Waals surface area (Å²) >= 11 is 1.42. The Hall–Kier alpha value is -4.25. The van der Waals surface area contributed by atoms with Crippen molar-refractivity contribution < 1.29 is 33.3 Å². The van der Waals surface area contributed by atoms with Crippen molar-refractivity contribution in [3.63, 3.8) is 0 Å². The average molecular weight is 952 g/mol. The van der Waals surface area contributed by atoms with E-state index in [1.807, 2.05) is 12.3 Å². The minimum atomic E-state index is -1.08. The number of thiazole rings is 1. The van der Waals surface area contributed by atoms with Crippen LogP contribution < -0.4 is 16.5 Å². The lowest BCUT2D eigenvalue weighted by Gasteiger charge is -2.37. The molecule has 2 amide bonds. The summed E-state index contributed by atoms with van der Waals surface area (Å²) in [6, 6.07) is 6.99. The van der Waals surface area contributed by atoms with Crippen molar-refractivity contribution in [2.24, 2.45) is 40.7 Å². The summed E-state index contributed by atoms with van der Waals surface area (Å²) in [6.07, 6.45) is 8.20. The molecule has 1 aromatic carbocycles. The zero-order valence-corrected chi connectivity index (χ0v) is 42.2. The molecular formula is C53H73N7O7S. The molecule has 3 unspecified atom stereocenters. The Morgan fingerprint density at radius 1 is 1.09 bits per heavy atom. The Morgan fingerprint density at radius 3 is 2.60 bits per heavy atom. The normalized spacial score (nSPS) is 29.4. The third-order valence-electron chi connectivity index (χ3n) is 15.5. The van der Waals surface area contributed by atoms with Gasteiger partial charge in [0.1, 0.15) is 23.2 Å². The van der Waals surface area contributed by atoms with Gasteiger partial charge in [-0.2, -0.15) is 0 Å². The number of benzene rings is 1. The van der Waals surface area contributed by atoms with E-state index in [-0.39, 0.29) is 54.2 Å². The van der Waals surface area contributed by atoms with Gasteiger partial charge < -0.3 is 34.6 Å². The number of esters is 1. The van der Waals surface area contributed by atoms with E-state index in [4.69, 9.17) is 34.6 Å². The minimum absolute atomic E-state index is 0.0704. The first kappa shape index (κ1) is 48.8. The number of carbonyl (C=O) groups is 3. The van der Waals surface area contributed by atoms with Crippen LogP contribution in [-0.4, -0.2) is 95.5 Å². The number of carbonyl (C=O) groups excluding carboxylic acids is 3. The highest BCUT2D eigenvalue weighted by molar-refractivity contribution is 7.10. The van der Waals surface area contributed by atoms with Gasteiger partial charge in [0.25, 0.3) is 5.91 Å². The molecular weight excluding hydrogens is 879 g/mol. The molecule has 6 heterocycles. The number of amides is 2. The van der Waals surface area contributed by atoms with Gasteiger partial charge in [-0.05, 0) is 118 Å². The predicted octanol–water partition coefficient (Wildman–Crippen LogP) is 8.28. The number of nitrogens with two attached hydrogens (primary N) is 1. The van der Waals surface area contributed by atoms with Crippen molar-refractivity contribution in [1.82, 2.24) is 30.3 Å². The summed E-state index contributed by atoms with van der Waals surface area (Å²) in [6.45, 7) is 17.3. The summed E-state index contributed by atoms with van der Waals surface area (Å²) in [5.74, 6) is 0.738. The Bertz CT molecular complexity index is 2470. The highest BCUT2D eigenvalue weighted by Gasteiger charge is 2.50. The topological polar surface area (TPSA) is 172 Å². The van der Waals surface area contributed by atoms with Crippen LogP contribution >= 0.6 is 11.3 Å². The number of fused-ring (bicyclic) bond motifs is 6. The van der Waals surface area contributed by atoms with Gasteiger partial charge in [-0.25, -0.2) is 10.4 Å². The molecule has 2 saturated carbocycles. The van der Waals surface area contributed by atoms with Gasteiger partial charge in [0.15, 0.2) is 0 Å². The molecule has 6 bridgehead atoms. The Labute approximate surface area is 405 Å². The quantitative estimate of drug-likeness (QED) is 0.124. The highest BCUT2D eigenvalue weighted by atomic mass is 32.1. The molecule has 3 aliphatic heterocycles. The lowest BCUT2D eigenvalue weighted by Crippen LogP contribution is -2.61. The summed E-state index contributed by atoms with van der Waals surface area (Å²) in [4.78, 5) is 53.1. The first-order valence-corrected chi connectivity index (χ1v) is 26.2. The maximum Gasteiger partial charge on any atom is 0.324 e. The first-order valence-electron chi connectivity index (χ1n) is 25.3. The molecule has 0 radical (unpaired) electrons. The van der Waals surface area contributed by atoms with E-state index in [2.05, 4.69) is 87.3 Å².